The van der Waals surface area contributed by atoms with E-state index >= 15 is 0 Å². The normalized spacial score (nSPS) is 17.2. The molecule has 0 aliphatic heterocycles. The van der Waals surface area contributed by atoms with Crippen LogP contribution in [0, 0.1) is 11.8 Å². The number of carbonyl (C=O) groups is 1. The van der Waals surface area contributed by atoms with Crippen molar-refractivity contribution >= 4 is 16.9 Å². The lowest BCUT2D eigenvalue weighted by Gasteiger charge is -2.26. The van der Waals surface area contributed by atoms with Gasteiger partial charge in [-0.3, -0.25) is 4.79 Å². The standard InChI is InChI=1S/C27H39NO5/c1-18(2)24(17-29)28-16-22(27(31)32)26(30)21-14-20(25(33-3)15-23(21)28)13-19-11-9-7-5-4-6-8-10-12-19/h14-16,18-19,24,29H,4-13,17H2,1-3H3,(H,31,32). The first-order chi connectivity index (χ1) is 15.9. The molecule has 6 heteroatoms. The smallest absolute Gasteiger partial charge is 0.341 e. The number of hydrogen-bond donors (Lipinski definition) is 2. The van der Waals surface area contributed by atoms with Crippen LogP contribution in [0.5, 0.6) is 5.75 Å². The van der Waals surface area contributed by atoms with Gasteiger partial charge in [0.2, 0.25) is 5.43 Å². The van der Waals surface area contributed by atoms with E-state index in [1.807, 2.05) is 26.0 Å². The van der Waals surface area contributed by atoms with Crippen LogP contribution in [0.1, 0.15) is 93.6 Å². The Morgan fingerprint density at radius 3 is 2.21 bits per heavy atom. The molecule has 0 radical (unpaired) electrons. The second kappa shape index (κ2) is 11.7. The van der Waals surface area contributed by atoms with Gasteiger partial charge < -0.3 is 19.5 Å². The first kappa shape index (κ1) is 25.3. The van der Waals surface area contributed by atoms with E-state index < -0.39 is 11.4 Å². The molecule has 2 aromatic rings. The summed E-state index contributed by atoms with van der Waals surface area (Å²) in [6.07, 6.45) is 13.5. The summed E-state index contributed by atoms with van der Waals surface area (Å²) in [6, 6.07) is 3.34. The molecular weight excluding hydrogens is 418 g/mol. The van der Waals surface area contributed by atoms with Crippen molar-refractivity contribution in [3.05, 3.63) is 39.7 Å². The number of aromatic nitrogens is 1. The van der Waals surface area contributed by atoms with E-state index in [0.717, 1.165) is 17.7 Å². The number of aliphatic hydroxyl groups excluding tert-OH is 1. The Bertz CT molecular complexity index is 1000. The van der Waals surface area contributed by atoms with Crippen LogP contribution in [0.2, 0.25) is 0 Å². The molecule has 1 aromatic heterocycles. The minimum Gasteiger partial charge on any atom is -0.496 e. The summed E-state index contributed by atoms with van der Waals surface area (Å²) in [5.74, 6) is 0.0493. The number of rotatable bonds is 7. The van der Waals surface area contributed by atoms with Gasteiger partial charge in [-0.15, -0.1) is 0 Å². The highest BCUT2D eigenvalue weighted by Crippen LogP contribution is 2.33. The molecule has 1 aromatic carbocycles. The number of fused-ring (bicyclic) bond motifs is 1. The molecule has 0 amide bonds. The topological polar surface area (TPSA) is 88.8 Å². The number of carboxylic acid groups (broad SMARTS) is 1. The molecule has 0 saturated heterocycles. The lowest BCUT2D eigenvalue weighted by Crippen LogP contribution is -2.25. The molecule has 1 saturated carbocycles. The Kier molecular flexibility index (Phi) is 8.95. The van der Waals surface area contributed by atoms with Crippen molar-refractivity contribution < 1.29 is 19.7 Å². The molecule has 1 aliphatic carbocycles. The van der Waals surface area contributed by atoms with Crippen molar-refractivity contribution in [3.63, 3.8) is 0 Å². The van der Waals surface area contributed by atoms with Crippen molar-refractivity contribution in [1.82, 2.24) is 4.57 Å². The van der Waals surface area contributed by atoms with Crippen molar-refractivity contribution in [3.8, 4) is 5.75 Å². The molecule has 1 aliphatic rings. The molecule has 2 N–H and O–H groups in total. The molecule has 3 rings (SSSR count). The summed E-state index contributed by atoms with van der Waals surface area (Å²) in [4.78, 5) is 25.0. The first-order valence-corrected chi connectivity index (χ1v) is 12.5. The second-order valence-corrected chi connectivity index (χ2v) is 9.88. The Morgan fingerprint density at radius 1 is 1.09 bits per heavy atom. The van der Waals surface area contributed by atoms with Crippen molar-refractivity contribution in [1.29, 1.82) is 0 Å². The number of aromatic carboxylic acids is 1. The highest BCUT2D eigenvalue weighted by atomic mass is 16.5. The van der Waals surface area contributed by atoms with Crippen molar-refractivity contribution in [2.24, 2.45) is 11.8 Å². The number of methoxy groups -OCH3 is 1. The summed E-state index contributed by atoms with van der Waals surface area (Å²) in [6.45, 7) is 3.79. The zero-order valence-corrected chi connectivity index (χ0v) is 20.3. The summed E-state index contributed by atoms with van der Waals surface area (Å²) >= 11 is 0. The second-order valence-electron chi connectivity index (χ2n) is 9.88. The molecule has 33 heavy (non-hydrogen) atoms. The van der Waals surface area contributed by atoms with Crippen molar-refractivity contribution in [2.45, 2.75) is 84.1 Å². The summed E-state index contributed by atoms with van der Waals surface area (Å²) < 4.78 is 7.48. The molecule has 0 bridgehead atoms. The zero-order valence-electron chi connectivity index (χ0n) is 20.3. The number of carboxylic acids is 1. The Hall–Kier alpha value is -2.34. The largest absolute Gasteiger partial charge is 0.496 e. The van der Waals surface area contributed by atoms with Gasteiger partial charge in [0.1, 0.15) is 11.3 Å². The molecule has 1 unspecified atom stereocenters. The minimum absolute atomic E-state index is 0.0518. The van der Waals surface area contributed by atoms with Gasteiger partial charge in [0, 0.05) is 17.6 Å². The van der Waals surface area contributed by atoms with Gasteiger partial charge in [0.15, 0.2) is 0 Å². The third kappa shape index (κ3) is 5.97. The summed E-state index contributed by atoms with van der Waals surface area (Å²) in [5, 5.41) is 20.1. The van der Waals surface area contributed by atoms with Gasteiger partial charge in [-0.25, -0.2) is 4.79 Å². The van der Waals surface area contributed by atoms with E-state index in [9.17, 15) is 19.8 Å². The fourth-order valence-corrected chi connectivity index (χ4v) is 5.23. The lowest BCUT2D eigenvalue weighted by atomic mass is 9.87. The SMILES string of the molecule is COc1cc2c(cc1CC1CCCCCCCCC1)c(=O)c(C(=O)O)cn2C(CO)C(C)C. The van der Waals surface area contributed by atoms with E-state index in [2.05, 4.69) is 0 Å². The Labute approximate surface area is 196 Å². The van der Waals surface area contributed by atoms with Crippen LogP contribution in [0.15, 0.2) is 23.1 Å². The number of nitrogens with zero attached hydrogens (tertiary/aromatic N) is 1. The maximum absolute atomic E-state index is 13.1. The summed E-state index contributed by atoms with van der Waals surface area (Å²) in [5.41, 5.74) is 0.813. The van der Waals surface area contributed by atoms with E-state index in [1.165, 1.54) is 64.0 Å². The predicted molar refractivity (Wildman–Crippen MR) is 131 cm³/mol. The van der Waals surface area contributed by atoms with Crippen LogP contribution < -0.4 is 10.2 Å². The molecular formula is C27H39NO5. The fourth-order valence-electron chi connectivity index (χ4n) is 5.23. The van der Waals surface area contributed by atoms with Gasteiger partial charge in [-0.1, -0.05) is 71.6 Å². The molecule has 1 heterocycles. The number of hydrogen-bond acceptors (Lipinski definition) is 4. The van der Waals surface area contributed by atoms with Crippen molar-refractivity contribution in [2.75, 3.05) is 13.7 Å². The van der Waals surface area contributed by atoms with E-state index in [4.69, 9.17) is 4.74 Å². The maximum Gasteiger partial charge on any atom is 0.341 e. The molecule has 6 nitrogen and oxygen atoms in total. The number of aliphatic hydroxyl groups is 1. The molecule has 182 valence electrons. The van der Waals surface area contributed by atoms with Gasteiger partial charge in [-0.2, -0.15) is 0 Å². The van der Waals surface area contributed by atoms with E-state index in [-0.39, 0.29) is 24.1 Å². The predicted octanol–water partition coefficient (Wildman–Crippen LogP) is 5.58. The van der Waals surface area contributed by atoms with Gasteiger partial charge >= 0.3 is 5.97 Å². The van der Waals surface area contributed by atoms with E-state index in [0.29, 0.717) is 16.8 Å². The number of ether oxygens (including phenoxy) is 1. The molecule has 0 spiro atoms. The van der Waals surface area contributed by atoms with E-state index in [1.54, 1.807) is 11.7 Å². The van der Waals surface area contributed by atoms with Crippen LogP contribution in [0.3, 0.4) is 0 Å². The number of pyridine rings is 1. The maximum atomic E-state index is 13.1. The monoisotopic (exact) mass is 457 g/mol. The third-order valence-corrected chi connectivity index (χ3v) is 7.21. The highest BCUT2D eigenvalue weighted by molar-refractivity contribution is 5.93. The average molecular weight is 458 g/mol. The first-order valence-electron chi connectivity index (χ1n) is 12.5. The Morgan fingerprint density at radius 2 is 1.70 bits per heavy atom. The van der Waals surface area contributed by atoms with Gasteiger partial charge in [0.25, 0.3) is 0 Å². The highest BCUT2D eigenvalue weighted by Gasteiger charge is 2.23. The number of benzene rings is 1. The Balaban J connectivity index is 2.10. The van der Waals surface area contributed by atoms with Crippen LogP contribution in [-0.4, -0.2) is 34.5 Å². The average Bonchev–Trinajstić information content (AvgIpc) is 2.79. The van der Waals surface area contributed by atoms with Gasteiger partial charge in [0.05, 0.1) is 25.3 Å². The summed E-state index contributed by atoms with van der Waals surface area (Å²) in [7, 11) is 1.64. The van der Waals surface area contributed by atoms with Crippen LogP contribution in [-0.2, 0) is 6.42 Å². The molecule has 1 fully saturated rings. The van der Waals surface area contributed by atoms with Crippen LogP contribution in [0.4, 0.5) is 0 Å². The lowest BCUT2D eigenvalue weighted by molar-refractivity contribution is 0.0694. The van der Waals surface area contributed by atoms with Crippen LogP contribution >= 0.6 is 0 Å². The fraction of sp³-hybridized carbons (Fsp3) is 0.630. The quantitative estimate of drug-likeness (QED) is 0.566. The minimum atomic E-state index is -1.25. The third-order valence-electron chi connectivity index (χ3n) is 7.21. The zero-order chi connectivity index (χ0) is 24.0. The van der Waals surface area contributed by atoms with Gasteiger partial charge in [-0.05, 0) is 29.9 Å². The van der Waals surface area contributed by atoms with Crippen LogP contribution in [0.25, 0.3) is 10.9 Å². The molecule has 1 atom stereocenters.